The van der Waals surface area contributed by atoms with Crippen LogP contribution in [0.5, 0.6) is 5.75 Å². The van der Waals surface area contributed by atoms with Crippen molar-refractivity contribution >= 4 is 27.5 Å². The molecule has 1 aromatic carbocycles. The van der Waals surface area contributed by atoms with Gasteiger partial charge in [-0.25, -0.2) is 19.8 Å². The Kier molecular flexibility index (Phi) is 9.49. The molecule has 0 spiro atoms. The average molecular weight is 625 g/mol. The van der Waals surface area contributed by atoms with E-state index in [4.69, 9.17) is 23.5 Å². The average Bonchev–Trinajstić information content (AvgIpc) is 3.67. The van der Waals surface area contributed by atoms with Crippen LogP contribution < -0.4 is 21.5 Å². The molecule has 13 heteroatoms. The Hall–Kier alpha value is -4.04. The lowest BCUT2D eigenvalue weighted by molar-refractivity contribution is -0.140. The number of thiophene rings is 1. The van der Waals surface area contributed by atoms with Crippen LogP contribution in [0.25, 0.3) is 21.0 Å². The van der Waals surface area contributed by atoms with Gasteiger partial charge in [0, 0.05) is 18.8 Å². The van der Waals surface area contributed by atoms with Crippen LogP contribution in [0.1, 0.15) is 43.9 Å². The first-order valence-corrected chi connectivity index (χ1v) is 15.1. The maximum absolute atomic E-state index is 14.5. The summed E-state index contributed by atoms with van der Waals surface area (Å²) in [7, 11) is 1.58. The number of aromatic nitrogens is 3. The van der Waals surface area contributed by atoms with Gasteiger partial charge in [0.25, 0.3) is 11.5 Å². The smallest absolute Gasteiger partial charge is 0.333 e. The summed E-state index contributed by atoms with van der Waals surface area (Å²) < 4.78 is 25.9. The second-order valence-corrected chi connectivity index (χ2v) is 11.9. The van der Waals surface area contributed by atoms with E-state index in [0.29, 0.717) is 53.0 Å². The van der Waals surface area contributed by atoms with E-state index < -0.39 is 28.8 Å². The lowest BCUT2D eigenvalue weighted by atomic mass is 10.0. The molecule has 1 atom stereocenters. The molecule has 1 amide bonds. The second kappa shape index (κ2) is 13.3. The molecule has 3 aromatic heterocycles. The third-order valence-electron chi connectivity index (χ3n) is 7.68. The molecule has 1 aliphatic heterocycles. The van der Waals surface area contributed by atoms with E-state index in [-0.39, 0.29) is 24.6 Å². The van der Waals surface area contributed by atoms with Crippen molar-refractivity contribution in [2.45, 2.75) is 57.9 Å². The molecule has 44 heavy (non-hydrogen) atoms. The predicted octanol–water partition coefficient (Wildman–Crippen LogP) is 4.10. The van der Waals surface area contributed by atoms with Crippen LogP contribution in [-0.4, -0.2) is 53.1 Å². The molecule has 1 N–H and O–H groups in total. The fourth-order valence-electron chi connectivity index (χ4n) is 5.29. The number of hydrogen-bond donors (Lipinski definition) is 1. The molecule has 234 valence electrons. The molecule has 0 bridgehead atoms. The Bertz CT molecular complexity index is 1750. The van der Waals surface area contributed by atoms with Gasteiger partial charge in [0.05, 0.1) is 42.8 Å². The summed E-state index contributed by atoms with van der Waals surface area (Å²) in [5, 5.41) is 0.278. The maximum atomic E-state index is 14.5. The van der Waals surface area contributed by atoms with Crippen molar-refractivity contribution in [2.75, 3.05) is 26.9 Å². The summed E-state index contributed by atoms with van der Waals surface area (Å²) in [6, 6.07) is 7.47. The molecule has 4 heterocycles. The summed E-state index contributed by atoms with van der Waals surface area (Å²) in [6.45, 7) is 9.54. The van der Waals surface area contributed by atoms with Gasteiger partial charge in [0.15, 0.2) is 0 Å². The largest absolute Gasteiger partial charge is 0.496 e. The van der Waals surface area contributed by atoms with Gasteiger partial charge < -0.3 is 18.6 Å². The molecule has 12 nitrogen and oxygen atoms in total. The van der Waals surface area contributed by atoms with E-state index in [0.717, 1.165) is 10.1 Å². The number of amides is 1. The molecule has 0 saturated carbocycles. The number of fused-ring (bicyclic) bond motifs is 1. The van der Waals surface area contributed by atoms with Crippen molar-refractivity contribution in [3.05, 3.63) is 81.3 Å². The second-order valence-electron chi connectivity index (χ2n) is 10.9. The number of aryl methyl sites for hydroxylation is 1. The first-order valence-electron chi connectivity index (χ1n) is 14.3. The van der Waals surface area contributed by atoms with Crippen molar-refractivity contribution in [3.63, 3.8) is 0 Å². The van der Waals surface area contributed by atoms with Crippen molar-refractivity contribution in [1.82, 2.24) is 19.6 Å². The molecular formula is C31H36N4O8S. The van der Waals surface area contributed by atoms with Crippen LogP contribution in [0.15, 0.2) is 63.4 Å². The Labute approximate surface area is 257 Å². The van der Waals surface area contributed by atoms with E-state index in [2.05, 4.69) is 17.0 Å². The summed E-state index contributed by atoms with van der Waals surface area (Å²) >= 11 is 1.22. The van der Waals surface area contributed by atoms with E-state index >= 15 is 0 Å². The zero-order valence-corrected chi connectivity index (χ0v) is 26.0. The van der Waals surface area contributed by atoms with Gasteiger partial charge in [-0.05, 0) is 45.2 Å². The SMILES string of the molecule is C=CCONC(=O)C(C)(C)n1c(=O)c2c(C)c(-c3ncco3)sc2n(C[C@H](OC2CCOCC2)c2ccccc2OC)c1=O. The summed E-state index contributed by atoms with van der Waals surface area (Å²) in [6.07, 6.45) is 5.06. The van der Waals surface area contributed by atoms with E-state index in [1.807, 2.05) is 24.3 Å². The monoisotopic (exact) mass is 624 g/mol. The molecule has 5 rings (SSSR count). The number of nitrogens with one attached hydrogen (secondary N) is 1. The zero-order valence-electron chi connectivity index (χ0n) is 25.2. The Balaban J connectivity index is 1.72. The number of carbonyl (C=O) groups excluding carboxylic acids is 1. The first-order chi connectivity index (χ1) is 21.2. The predicted molar refractivity (Wildman–Crippen MR) is 165 cm³/mol. The van der Waals surface area contributed by atoms with Gasteiger partial charge in [0.1, 0.15) is 28.5 Å². The molecule has 4 aromatic rings. The number of hydrogen-bond acceptors (Lipinski definition) is 10. The van der Waals surface area contributed by atoms with Gasteiger partial charge in [0.2, 0.25) is 5.89 Å². The third-order valence-corrected chi connectivity index (χ3v) is 8.98. The van der Waals surface area contributed by atoms with E-state index in [1.165, 1.54) is 48.3 Å². The van der Waals surface area contributed by atoms with E-state index in [1.54, 1.807) is 14.0 Å². The molecule has 0 radical (unpaired) electrons. The molecule has 1 aliphatic rings. The minimum absolute atomic E-state index is 0.0307. The molecular weight excluding hydrogens is 588 g/mol. The van der Waals surface area contributed by atoms with Crippen LogP contribution in [0.4, 0.5) is 0 Å². The number of carbonyl (C=O) groups is 1. The number of para-hydroxylation sites is 1. The molecule has 1 fully saturated rings. The number of oxazole rings is 1. The molecule has 0 unspecified atom stereocenters. The first kappa shape index (κ1) is 31.4. The van der Waals surface area contributed by atoms with Crippen molar-refractivity contribution < 1.29 is 28.3 Å². The highest BCUT2D eigenvalue weighted by atomic mass is 32.1. The Morgan fingerprint density at radius 2 is 2.02 bits per heavy atom. The van der Waals surface area contributed by atoms with Crippen LogP contribution in [-0.2, 0) is 31.2 Å². The number of benzene rings is 1. The number of hydroxylamine groups is 1. The highest BCUT2D eigenvalue weighted by Gasteiger charge is 2.37. The zero-order chi connectivity index (χ0) is 31.4. The lowest BCUT2D eigenvalue weighted by Crippen LogP contribution is -2.55. The van der Waals surface area contributed by atoms with Crippen molar-refractivity contribution in [3.8, 4) is 16.5 Å². The maximum Gasteiger partial charge on any atom is 0.333 e. The highest BCUT2D eigenvalue weighted by molar-refractivity contribution is 7.22. The van der Waals surface area contributed by atoms with Crippen LogP contribution in [0.3, 0.4) is 0 Å². The molecule has 1 saturated heterocycles. The summed E-state index contributed by atoms with van der Waals surface area (Å²) in [5.74, 6) is 0.247. The van der Waals surface area contributed by atoms with Gasteiger partial charge in [-0.3, -0.25) is 19.0 Å². The fourth-order valence-corrected chi connectivity index (χ4v) is 6.53. The molecule has 0 aliphatic carbocycles. The minimum atomic E-state index is -1.63. The van der Waals surface area contributed by atoms with Gasteiger partial charge in [-0.1, -0.05) is 24.3 Å². The third kappa shape index (κ3) is 6.00. The number of rotatable bonds is 12. The normalized spacial score (nSPS) is 14.9. The highest BCUT2D eigenvalue weighted by Crippen LogP contribution is 2.37. The van der Waals surface area contributed by atoms with Crippen molar-refractivity contribution in [1.29, 1.82) is 0 Å². The standard InChI is InChI=1S/C31H36N4O8S/c1-6-14-42-33-29(37)31(3,4)35-27(36)24-19(2)25(26-32-13-17-41-26)44-28(24)34(30(35)38)18-23(43-20-11-15-40-16-12-20)21-9-7-8-10-22(21)39-5/h6-10,13,17,20,23H,1,11-12,14-16,18H2,2-5H3,(H,33,37)/t23-/m0/s1. The fraction of sp³-hybridized carbons (Fsp3) is 0.419. The van der Waals surface area contributed by atoms with Crippen molar-refractivity contribution in [2.24, 2.45) is 0 Å². The topological polar surface area (TPSA) is 136 Å². The summed E-state index contributed by atoms with van der Waals surface area (Å²) in [5.41, 5.74) is 0.728. The van der Waals surface area contributed by atoms with Crippen LogP contribution in [0, 0.1) is 6.92 Å². The number of nitrogens with zero attached hydrogens (tertiary/aromatic N) is 3. The lowest BCUT2D eigenvalue weighted by Gasteiger charge is -2.30. The van der Waals surface area contributed by atoms with Gasteiger partial charge in [-0.2, -0.15) is 0 Å². The van der Waals surface area contributed by atoms with Gasteiger partial charge in [-0.15, -0.1) is 17.9 Å². The Morgan fingerprint density at radius 1 is 1.27 bits per heavy atom. The summed E-state index contributed by atoms with van der Waals surface area (Å²) in [4.78, 5) is 52.4. The Morgan fingerprint density at radius 3 is 2.70 bits per heavy atom. The number of ether oxygens (including phenoxy) is 3. The van der Waals surface area contributed by atoms with Crippen LogP contribution >= 0.6 is 11.3 Å². The van der Waals surface area contributed by atoms with Gasteiger partial charge >= 0.3 is 5.69 Å². The van der Waals surface area contributed by atoms with Crippen LogP contribution in [0.2, 0.25) is 0 Å². The minimum Gasteiger partial charge on any atom is -0.496 e. The quantitative estimate of drug-likeness (QED) is 0.140. The number of methoxy groups -OCH3 is 1. The van der Waals surface area contributed by atoms with E-state index in [9.17, 15) is 14.4 Å².